The average molecular weight is 425 g/mol. The number of hydrogen-bond donors (Lipinski definition) is 1. The summed E-state index contributed by atoms with van der Waals surface area (Å²) in [6.07, 6.45) is 0. The molecule has 0 atom stereocenters. The average Bonchev–Trinajstić information content (AvgIpc) is 2.78. The monoisotopic (exact) mass is 425 g/mol. The Hall–Kier alpha value is -3.75. The predicted molar refractivity (Wildman–Crippen MR) is 114 cm³/mol. The molecular formula is C22H21F2N5O2. The fourth-order valence-electron chi connectivity index (χ4n) is 3.46. The van der Waals surface area contributed by atoms with Gasteiger partial charge in [0.2, 0.25) is 5.91 Å². The molecule has 4 rings (SSSR count). The first kappa shape index (κ1) is 20.5. The summed E-state index contributed by atoms with van der Waals surface area (Å²) >= 11 is 0. The first-order valence-electron chi connectivity index (χ1n) is 9.87. The van der Waals surface area contributed by atoms with Gasteiger partial charge < -0.3 is 15.1 Å². The Bertz CT molecular complexity index is 1130. The summed E-state index contributed by atoms with van der Waals surface area (Å²) in [5.41, 5.74) is 0.839. The molecule has 1 aromatic heterocycles. The molecule has 1 fully saturated rings. The highest BCUT2D eigenvalue weighted by atomic mass is 19.2. The standard InChI is InChI=1S/C22H21F2N5O2/c23-18-7-6-16(14-19(18)24)25-21(30)15-29-22(31)9-8-20(26-29)28-12-10-27(11-13-28)17-4-2-1-3-5-17/h1-9,14H,10-13,15H2,(H,25,30). The Kier molecular flexibility index (Phi) is 5.92. The van der Waals surface area contributed by atoms with Gasteiger partial charge in [-0.3, -0.25) is 9.59 Å². The van der Waals surface area contributed by atoms with Crippen molar-refractivity contribution in [3.8, 4) is 0 Å². The zero-order valence-electron chi connectivity index (χ0n) is 16.7. The number of carbonyl (C=O) groups is 1. The molecule has 9 heteroatoms. The van der Waals surface area contributed by atoms with Gasteiger partial charge in [-0.2, -0.15) is 5.10 Å². The molecule has 7 nitrogen and oxygen atoms in total. The van der Waals surface area contributed by atoms with Crippen LogP contribution in [0.1, 0.15) is 0 Å². The summed E-state index contributed by atoms with van der Waals surface area (Å²) in [5.74, 6) is -2.03. The fourth-order valence-corrected chi connectivity index (χ4v) is 3.46. The van der Waals surface area contributed by atoms with Gasteiger partial charge in [-0.15, -0.1) is 0 Å². The number of nitrogens with zero attached hydrogens (tertiary/aromatic N) is 4. The van der Waals surface area contributed by atoms with E-state index in [0.29, 0.717) is 5.82 Å². The van der Waals surface area contributed by atoms with Gasteiger partial charge in [0, 0.05) is 49.7 Å². The number of benzene rings is 2. The van der Waals surface area contributed by atoms with Crippen LogP contribution in [-0.4, -0.2) is 41.9 Å². The third-order valence-electron chi connectivity index (χ3n) is 5.07. The van der Waals surface area contributed by atoms with Crippen LogP contribution in [0.5, 0.6) is 0 Å². The van der Waals surface area contributed by atoms with E-state index in [-0.39, 0.29) is 12.2 Å². The first-order valence-corrected chi connectivity index (χ1v) is 9.87. The molecular weight excluding hydrogens is 404 g/mol. The second kappa shape index (κ2) is 8.95. The van der Waals surface area contributed by atoms with E-state index >= 15 is 0 Å². The zero-order chi connectivity index (χ0) is 21.8. The largest absolute Gasteiger partial charge is 0.368 e. The number of nitrogens with one attached hydrogen (secondary N) is 1. The predicted octanol–water partition coefficient (Wildman–Crippen LogP) is 2.49. The minimum atomic E-state index is -1.07. The highest BCUT2D eigenvalue weighted by Crippen LogP contribution is 2.18. The molecule has 3 aromatic rings. The third-order valence-corrected chi connectivity index (χ3v) is 5.07. The van der Waals surface area contributed by atoms with Gasteiger partial charge in [-0.1, -0.05) is 18.2 Å². The van der Waals surface area contributed by atoms with E-state index in [1.807, 2.05) is 18.2 Å². The topological polar surface area (TPSA) is 70.5 Å². The van der Waals surface area contributed by atoms with Gasteiger partial charge in [-0.25, -0.2) is 13.5 Å². The van der Waals surface area contributed by atoms with E-state index in [1.165, 1.54) is 12.1 Å². The molecule has 0 radical (unpaired) electrons. The summed E-state index contributed by atoms with van der Waals surface area (Å²) in [6, 6.07) is 16.2. The van der Waals surface area contributed by atoms with Crippen molar-refractivity contribution in [1.29, 1.82) is 0 Å². The van der Waals surface area contributed by atoms with E-state index in [9.17, 15) is 18.4 Å². The van der Waals surface area contributed by atoms with Gasteiger partial charge in [0.05, 0.1) is 0 Å². The highest BCUT2D eigenvalue weighted by molar-refractivity contribution is 5.90. The van der Waals surface area contributed by atoms with Crippen molar-refractivity contribution in [2.75, 3.05) is 41.3 Å². The number of piperazine rings is 1. The summed E-state index contributed by atoms with van der Waals surface area (Å²) in [5, 5.41) is 6.77. The highest BCUT2D eigenvalue weighted by Gasteiger charge is 2.19. The number of amides is 1. The lowest BCUT2D eigenvalue weighted by atomic mass is 10.2. The molecule has 0 aliphatic carbocycles. The van der Waals surface area contributed by atoms with Crippen LogP contribution in [0.2, 0.25) is 0 Å². The minimum absolute atomic E-state index is 0.102. The number of aromatic nitrogens is 2. The van der Waals surface area contributed by atoms with Gasteiger partial charge in [0.1, 0.15) is 12.4 Å². The number of carbonyl (C=O) groups excluding carboxylic acids is 1. The van der Waals surface area contributed by atoms with Crippen LogP contribution in [0.4, 0.5) is 26.0 Å². The molecule has 160 valence electrons. The summed E-state index contributed by atoms with van der Waals surface area (Å²) in [4.78, 5) is 28.8. The third kappa shape index (κ3) is 4.88. The van der Waals surface area contributed by atoms with E-state index in [1.54, 1.807) is 6.07 Å². The lowest BCUT2D eigenvalue weighted by molar-refractivity contribution is -0.117. The lowest BCUT2D eigenvalue weighted by Gasteiger charge is -2.36. The van der Waals surface area contributed by atoms with Crippen molar-refractivity contribution in [2.24, 2.45) is 0 Å². The lowest BCUT2D eigenvalue weighted by Crippen LogP contribution is -2.47. The number of halogens is 2. The van der Waals surface area contributed by atoms with Crippen molar-refractivity contribution in [3.05, 3.63) is 82.7 Å². The first-order chi connectivity index (χ1) is 15.0. The Balaban J connectivity index is 1.41. The summed E-state index contributed by atoms with van der Waals surface area (Å²) in [6.45, 7) is 2.72. The summed E-state index contributed by atoms with van der Waals surface area (Å²) in [7, 11) is 0. The van der Waals surface area contributed by atoms with Crippen molar-refractivity contribution in [2.45, 2.75) is 6.54 Å². The molecule has 1 aliphatic rings. The van der Waals surface area contributed by atoms with Gasteiger partial charge in [0.15, 0.2) is 11.6 Å². The minimum Gasteiger partial charge on any atom is -0.368 e. The van der Waals surface area contributed by atoms with Gasteiger partial charge >= 0.3 is 0 Å². The quantitative estimate of drug-likeness (QED) is 0.680. The van der Waals surface area contributed by atoms with E-state index in [2.05, 4.69) is 32.3 Å². The molecule has 1 N–H and O–H groups in total. The van der Waals surface area contributed by atoms with Crippen LogP contribution in [0, 0.1) is 11.6 Å². The Morgan fingerprint density at radius 2 is 1.61 bits per heavy atom. The Morgan fingerprint density at radius 1 is 0.903 bits per heavy atom. The van der Waals surface area contributed by atoms with Crippen molar-refractivity contribution >= 4 is 23.1 Å². The maximum absolute atomic E-state index is 13.3. The van der Waals surface area contributed by atoms with Crippen molar-refractivity contribution < 1.29 is 13.6 Å². The molecule has 2 aromatic carbocycles. The van der Waals surface area contributed by atoms with E-state index < -0.39 is 23.1 Å². The molecule has 0 spiro atoms. The normalized spacial score (nSPS) is 13.9. The molecule has 0 saturated carbocycles. The van der Waals surface area contributed by atoms with Gasteiger partial charge in [-0.05, 0) is 30.3 Å². The van der Waals surface area contributed by atoms with Crippen LogP contribution in [0.25, 0.3) is 0 Å². The number of hydrogen-bond acceptors (Lipinski definition) is 5. The Morgan fingerprint density at radius 3 is 2.32 bits per heavy atom. The molecule has 1 amide bonds. The number of rotatable bonds is 5. The zero-order valence-corrected chi connectivity index (χ0v) is 16.7. The second-order valence-electron chi connectivity index (χ2n) is 7.17. The van der Waals surface area contributed by atoms with Crippen LogP contribution < -0.4 is 20.7 Å². The van der Waals surface area contributed by atoms with E-state index in [0.717, 1.165) is 48.7 Å². The molecule has 2 heterocycles. The fraction of sp³-hybridized carbons (Fsp3) is 0.227. The number of para-hydroxylation sites is 1. The smallest absolute Gasteiger partial charge is 0.267 e. The summed E-state index contributed by atoms with van der Waals surface area (Å²) < 4.78 is 27.4. The van der Waals surface area contributed by atoms with Crippen LogP contribution in [0.3, 0.4) is 0 Å². The molecule has 31 heavy (non-hydrogen) atoms. The van der Waals surface area contributed by atoms with Crippen LogP contribution in [-0.2, 0) is 11.3 Å². The van der Waals surface area contributed by atoms with E-state index in [4.69, 9.17) is 0 Å². The Labute approximate surface area is 177 Å². The van der Waals surface area contributed by atoms with Crippen LogP contribution in [0.15, 0.2) is 65.5 Å². The molecule has 1 aliphatic heterocycles. The maximum Gasteiger partial charge on any atom is 0.267 e. The second-order valence-corrected chi connectivity index (χ2v) is 7.17. The molecule has 0 unspecified atom stereocenters. The van der Waals surface area contributed by atoms with Crippen molar-refractivity contribution in [3.63, 3.8) is 0 Å². The molecule has 1 saturated heterocycles. The SMILES string of the molecule is O=C(Cn1nc(N2CCN(c3ccccc3)CC2)ccc1=O)Nc1ccc(F)c(F)c1. The van der Waals surface area contributed by atoms with Crippen LogP contribution >= 0.6 is 0 Å². The maximum atomic E-state index is 13.3. The molecule has 0 bridgehead atoms. The van der Waals surface area contributed by atoms with Gasteiger partial charge in [0.25, 0.3) is 5.56 Å². The number of anilines is 3. The van der Waals surface area contributed by atoms with Crippen molar-refractivity contribution in [1.82, 2.24) is 9.78 Å².